The molecule has 2 heteroatoms. The Morgan fingerprint density at radius 3 is 2.12 bits per heavy atom. The zero-order valence-electron chi connectivity index (χ0n) is 11.0. The molecule has 0 heterocycles. The normalized spacial score (nSPS) is 12.0. The summed E-state index contributed by atoms with van der Waals surface area (Å²) in [6.45, 7) is 11.0. The largest absolute Gasteiger partial charge is 0.496 e. The highest BCUT2D eigenvalue weighted by atomic mass is 79.9. The van der Waals surface area contributed by atoms with E-state index in [9.17, 15) is 0 Å². The molecule has 0 spiro atoms. The molecular formula is C14H21BrO. The van der Waals surface area contributed by atoms with Crippen LogP contribution in [0.2, 0.25) is 0 Å². The molecule has 0 aliphatic heterocycles. The topological polar surface area (TPSA) is 9.23 Å². The molecule has 0 atom stereocenters. The van der Waals surface area contributed by atoms with Crippen molar-refractivity contribution in [3.05, 3.63) is 27.7 Å². The molecule has 1 nitrogen and oxygen atoms in total. The molecule has 16 heavy (non-hydrogen) atoms. The second kappa shape index (κ2) is 4.79. The van der Waals surface area contributed by atoms with Crippen LogP contribution in [0.15, 0.2) is 16.6 Å². The Bertz CT molecular complexity index is 375. The molecule has 0 saturated carbocycles. The zero-order chi connectivity index (χ0) is 12.5. The molecule has 1 aromatic rings. The van der Waals surface area contributed by atoms with Gasteiger partial charge in [0.15, 0.2) is 0 Å². The maximum atomic E-state index is 5.50. The van der Waals surface area contributed by atoms with E-state index in [1.807, 2.05) is 0 Å². The van der Waals surface area contributed by atoms with Crippen LogP contribution in [0.3, 0.4) is 0 Å². The molecular weight excluding hydrogens is 264 g/mol. The van der Waals surface area contributed by atoms with Crippen molar-refractivity contribution >= 4 is 15.9 Å². The lowest BCUT2D eigenvalue weighted by atomic mass is 9.85. The highest BCUT2D eigenvalue weighted by Crippen LogP contribution is 2.37. The van der Waals surface area contributed by atoms with E-state index in [1.165, 1.54) is 15.6 Å². The third kappa shape index (κ3) is 2.79. The predicted molar refractivity (Wildman–Crippen MR) is 73.5 cm³/mol. The van der Waals surface area contributed by atoms with Gasteiger partial charge in [0.05, 0.1) is 7.11 Å². The molecule has 1 rings (SSSR count). The molecule has 0 saturated heterocycles. The standard InChI is InChI=1S/C14H21BrO/c1-9(2)10-7-13(16-6)11(8-12(10)15)14(3,4)5/h7-9H,1-6H3. The van der Waals surface area contributed by atoms with Crippen LogP contribution in [-0.4, -0.2) is 7.11 Å². The first kappa shape index (κ1) is 13.6. The third-order valence-electron chi connectivity index (χ3n) is 2.75. The minimum absolute atomic E-state index is 0.101. The van der Waals surface area contributed by atoms with E-state index in [-0.39, 0.29) is 5.41 Å². The summed E-state index contributed by atoms with van der Waals surface area (Å²) in [4.78, 5) is 0. The van der Waals surface area contributed by atoms with Crippen LogP contribution in [0.4, 0.5) is 0 Å². The fourth-order valence-electron chi connectivity index (χ4n) is 1.77. The van der Waals surface area contributed by atoms with Crippen LogP contribution in [-0.2, 0) is 5.41 Å². The molecule has 90 valence electrons. The van der Waals surface area contributed by atoms with E-state index in [4.69, 9.17) is 4.74 Å². The minimum Gasteiger partial charge on any atom is -0.496 e. The van der Waals surface area contributed by atoms with Crippen molar-refractivity contribution < 1.29 is 4.74 Å². The minimum atomic E-state index is 0.101. The number of ether oxygens (including phenoxy) is 1. The van der Waals surface area contributed by atoms with Crippen molar-refractivity contribution in [2.45, 2.75) is 46.0 Å². The van der Waals surface area contributed by atoms with Crippen molar-refractivity contribution in [1.29, 1.82) is 0 Å². The molecule has 0 radical (unpaired) electrons. The number of hydrogen-bond acceptors (Lipinski definition) is 1. The lowest BCUT2D eigenvalue weighted by Gasteiger charge is -2.24. The summed E-state index contributed by atoms with van der Waals surface area (Å²) in [7, 11) is 1.74. The number of halogens is 1. The Morgan fingerprint density at radius 1 is 1.19 bits per heavy atom. The fourth-order valence-corrected chi connectivity index (χ4v) is 2.57. The van der Waals surface area contributed by atoms with Crippen LogP contribution in [0.5, 0.6) is 5.75 Å². The molecule has 0 aliphatic rings. The molecule has 0 aliphatic carbocycles. The van der Waals surface area contributed by atoms with Crippen LogP contribution in [0.1, 0.15) is 51.7 Å². The van der Waals surface area contributed by atoms with Gasteiger partial charge in [0.1, 0.15) is 5.75 Å². The quantitative estimate of drug-likeness (QED) is 0.752. The number of hydrogen-bond donors (Lipinski definition) is 0. The van der Waals surface area contributed by atoms with Gasteiger partial charge in [-0.15, -0.1) is 0 Å². The summed E-state index contributed by atoms with van der Waals surface area (Å²) in [6, 6.07) is 4.34. The summed E-state index contributed by atoms with van der Waals surface area (Å²) >= 11 is 3.65. The van der Waals surface area contributed by atoms with Gasteiger partial charge in [-0.05, 0) is 29.0 Å². The Kier molecular flexibility index (Phi) is 4.06. The lowest BCUT2D eigenvalue weighted by molar-refractivity contribution is 0.396. The zero-order valence-corrected chi connectivity index (χ0v) is 12.6. The third-order valence-corrected chi connectivity index (χ3v) is 3.44. The van der Waals surface area contributed by atoms with Gasteiger partial charge >= 0.3 is 0 Å². The van der Waals surface area contributed by atoms with Crippen molar-refractivity contribution in [3.8, 4) is 5.75 Å². The number of methoxy groups -OCH3 is 1. The summed E-state index contributed by atoms with van der Waals surface area (Å²) in [5, 5.41) is 0. The maximum absolute atomic E-state index is 5.50. The van der Waals surface area contributed by atoms with E-state index in [0.717, 1.165) is 5.75 Å². The van der Waals surface area contributed by atoms with E-state index < -0.39 is 0 Å². The Balaban J connectivity index is 3.38. The van der Waals surface area contributed by atoms with Gasteiger partial charge in [0.25, 0.3) is 0 Å². The van der Waals surface area contributed by atoms with Gasteiger partial charge in [-0.2, -0.15) is 0 Å². The SMILES string of the molecule is COc1cc(C(C)C)c(Br)cc1C(C)(C)C. The number of benzene rings is 1. The van der Waals surface area contributed by atoms with Gasteiger partial charge in [0, 0.05) is 10.0 Å². The second-order valence-electron chi connectivity index (χ2n) is 5.48. The van der Waals surface area contributed by atoms with Crippen molar-refractivity contribution in [2.75, 3.05) is 7.11 Å². The van der Waals surface area contributed by atoms with E-state index in [1.54, 1.807) is 7.11 Å². The van der Waals surface area contributed by atoms with E-state index in [2.05, 4.69) is 62.7 Å². The first-order chi connectivity index (χ1) is 7.27. The van der Waals surface area contributed by atoms with E-state index in [0.29, 0.717) is 5.92 Å². The van der Waals surface area contributed by atoms with Crippen molar-refractivity contribution in [2.24, 2.45) is 0 Å². The van der Waals surface area contributed by atoms with Crippen LogP contribution >= 0.6 is 15.9 Å². The number of rotatable bonds is 2. The van der Waals surface area contributed by atoms with Gasteiger partial charge < -0.3 is 4.74 Å². The Morgan fingerprint density at radius 2 is 1.75 bits per heavy atom. The maximum Gasteiger partial charge on any atom is 0.122 e. The molecule has 0 bridgehead atoms. The second-order valence-corrected chi connectivity index (χ2v) is 6.33. The molecule has 0 N–H and O–H groups in total. The summed E-state index contributed by atoms with van der Waals surface area (Å²) in [5.74, 6) is 1.48. The first-order valence-electron chi connectivity index (χ1n) is 5.65. The molecule has 0 amide bonds. The Labute approximate surface area is 107 Å². The molecule has 0 unspecified atom stereocenters. The highest BCUT2D eigenvalue weighted by molar-refractivity contribution is 9.10. The van der Waals surface area contributed by atoms with Crippen molar-refractivity contribution in [3.63, 3.8) is 0 Å². The van der Waals surface area contributed by atoms with Gasteiger partial charge in [0.2, 0.25) is 0 Å². The first-order valence-corrected chi connectivity index (χ1v) is 6.44. The molecule has 0 aromatic heterocycles. The average molecular weight is 285 g/mol. The van der Waals surface area contributed by atoms with Crippen LogP contribution in [0.25, 0.3) is 0 Å². The van der Waals surface area contributed by atoms with Gasteiger partial charge in [-0.25, -0.2) is 0 Å². The van der Waals surface area contributed by atoms with Crippen LogP contribution in [0, 0.1) is 0 Å². The highest BCUT2D eigenvalue weighted by Gasteiger charge is 2.21. The predicted octanol–water partition coefficient (Wildman–Crippen LogP) is 4.88. The molecule has 1 aromatic carbocycles. The smallest absolute Gasteiger partial charge is 0.122 e. The average Bonchev–Trinajstić information content (AvgIpc) is 2.15. The Hall–Kier alpha value is -0.500. The summed E-state index contributed by atoms with van der Waals surface area (Å²) in [5.41, 5.74) is 2.64. The monoisotopic (exact) mass is 284 g/mol. The van der Waals surface area contributed by atoms with Crippen molar-refractivity contribution in [1.82, 2.24) is 0 Å². The lowest BCUT2D eigenvalue weighted by Crippen LogP contribution is -2.13. The summed E-state index contributed by atoms with van der Waals surface area (Å²) < 4.78 is 6.67. The van der Waals surface area contributed by atoms with E-state index >= 15 is 0 Å². The van der Waals surface area contributed by atoms with Gasteiger partial charge in [-0.1, -0.05) is 50.5 Å². The molecule has 0 fully saturated rings. The summed E-state index contributed by atoms with van der Waals surface area (Å²) in [6.07, 6.45) is 0. The van der Waals surface area contributed by atoms with Gasteiger partial charge in [-0.3, -0.25) is 0 Å². The fraction of sp³-hybridized carbons (Fsp3) is 0.571. The van der Waals surface area contributed by atoms with Crippen LogP contribution < -0.4 is 4.74 Å².